The Hall–Kier alpha value is -2.24. The Labute approximate surface area is 137 Å². The molecule has 0 bridgehead atoms. The van der Waals surface area contributed by atoms with E-state index in [4.69, 9.17) is 9.47 Å². The Morgan fingerprint density at radius 2 is 1.74 bits per heavy atom. The van der Waals surface area contributed by atoms with Crippen molar-refractivity contribution in [2.24, 2.45) is 0 Å². The van der Waals surface area contributed by atoms with E-state index in [2.05, 4.69) is 0 Å². The van der Waals surface area contributed by atoms with Gasteiger partial charge in [-0.25, -0.2) is 0 Å². The van der Waals surface area contributed by atoms with Crippen molar-refractivity contribution in [2.75, 3.05) is 37.7 Å². The Kier molecular flexibility index (Phi) is 5.84. The molecule has 0 saturated carbocycles. The van der Waals surface area contributed by atoms with Gasteiger partial charge in [0.15, 0.2) is 11.5 Å². The first-order chi connectivity index (χ1) is 11.1. The number of benzene rings is 1. The van der Waals surface area contributed by atoms with E-state index in [0.29, 0.717) is 56.5 Å². The second kappa shape index (κ2) is 7.85. The molecule has 1 aromatic rings. The van der Waals surface area contributed by atoms with Gasteiger partial charge in [0, 0.05) is 44.7 Å². The molecule has 6 heteroatoms. The van der Waals surface area contributed by atoms with Crippen LogP contribution < -0.4 is 14.4 Å². The molecule has 1 aromatic carbocycles. The summed E-state index contributed by atoms with van der Waals surface area (Å²) in [6.07, 6.45) is 0.301. The zero-order valence-electron chi connectivity index (χ0n) is 14.0. The number of nitrogens with zero attached hydrogens (tertiary/aromatic N) is 2. The quantitative estimate of drug-likeness (QED) is 0.805. The van der Waals surface area contributed by atoms with Gasteiger partial charge in [0.1, 0.15) is 13.2 Å². The standard InChI is InChI=1S/C17H24N2O4/c1-4-18(5-2)17(21)8-9-19(13(3)20)14-6-7-15-16(12-14)23-11-10-22-15/h6-7,12H,4-5,8-11H2,1-3H3. The number of hydrogen-bond donors (Lipinski definition) is 0. The molecule has 0 fully saturated rings. The minimum Gasteiger partial charge on any atom is -0.486 e. The maximum absolute atomic E-state index is 12.1. The van der Waals surface area contributed by atoms with Gasteiger partial charge in [-0.15, -0.1) is 0 Å². The van der Waals surface area contributed by atoms with Crippen molar-refractivity contribution in [1.29, 1.82) is 0 Å². The minimum absolute atomic E-state index is 0.0544. The third-order valence-corrected chi connectivity index (χ3v) is 3.88. The van der Waals surface area contributed by atoms with E-state index in [9.17, 15) is 9.59 Å². The van der Waals surface area contributed by atoms with Crippen LogP contribution in [0.2, 0.25) is 0 Å². The Bertz CT molecular complexity index is 570. The summed E-state index contributed by atoms with van der Waals surface area (Å²) in [6.45, 7) is 8.13. The van der Waals surface area contributed by atoms with Crippen molar-refractivity contribution in [3.63, 3.8) is 0 Å². The number of carbonyl (C=O) groups is 2. The van der Waals surface area contributed by atoms with Gasteiger partial charge in [-0.2, -0.15) is 0 Å². The van der Waals surface area contributed by atoms with Crippen LogP contribution in [0.15, 0.2) is 18.2 Å². The minimum atomic E-state index is -0.103. The Balaban J connectivity index is 2.09. The number of rotatable bonds is 6. The number of ether oxygens (including phenoxy) is 2. The van der Waals surface area contributed by atoms with E-state index in [-0.39, 0.29) is 11.8 Å². The van der Waals surface area contributed by atoms with Crippen molar-refractivity contribution in [3.8, 4) is 11.5 Å². The summed E-state index contributed by atoms with van der Waals surface area (Å²) >= 11 is 0. The third kappa shape index (κ3) is 4.15. The van der Waals surface area contributed by atoms with E-state index in [0.717, 1.165) is 0 Å². The fourth-order valence-corrected chi connectivity index (χ4v) is 2.61. The van der Waals surface area contributed by atoms with Gasteiger partial charge in [0.25, 0.3) is 0 Å². The topological polar surface area (TPSA) is 59.1 Å². The van der Waals surface area contributed by atoms with E-state index in [1.165, 1.54) is 6.92 Å². The summed E-state index contributed by atoms with van der Waals surface area (Å²) in [6, 6.07) is 5.40. The average molecular weight is 320 g/mol. The fourth-order valence-electron chi connectivity index (χ4n) is 2.61. The van der Waals surface area contributed by atoms with E-state index < -0.39 is 0 Å². The number of carbonyl (C=O) groups excluding carboxylic acids is 2. The second-order valence-electron chi connectivity index (χ2n) is 5.31. The molecular formula is C17H24N2O4. The van der Waals surface area contributed by atoms with Crippen LogP contribution in [0.1, 0.15) is 27.2 Å². The van der Waals surface area contributed by atoms with Gasteiger partial charge in [-0.05, 0) is 26.0 Å². The third-order valence-electron chi connectivity index (χ3n) is 3.88. The first-order valence-corrected chi connectivity index (χ1v) is 8.02. The molecule has 0 saturated heterocycles. The van der Waals surface area contributed by atoms with Crippen LogP contribution in [-0.4, -0.2) is 49.6 Å². The lowest BCUT2D eigenvalue weighted by Gasteiger charge is -2.25. The molecule has 0 N–H and O–H groups in total. The average Bonchev–Trinajstić information content (AvgIpc) is 2.55. The van der Waals surface area contributed by atoms with Crippen molar-refractivity contribution in [3.05, 3.63) is 18.2 Å². The summed E-state index contributed by atoms with van der Waals surface area (Å²) < 4.78 is 11.0. The molecule has 0 radical (unpaired) electrons. The smallest absolute Gasteiger partial charge is 0.224 e. The molecule has 126 valence electrons. The number of anilines is 1. The second-order valence-corrected chi connectivity index (χ2v) is 5.31. The van der Waals surface area contributed by atoms with Crippen LogP contribution in [0.5, 0.6) is 11.5 Å². The molecule has 0 aromatic heterocycles. The van der Waals surface area contributed by atoms with Crippen LogP contribution in [0.4, 0.5) is 5.69 Å². The van der Waals surface area contributed by atoms with Crippen LogP contribution in [0.25, 0.3) is 0 Å². The molecule has 1 aliphatic rings. The fraction of sp³-hybridized carbons (Fsp3) is 0.529. The van der Waals surface area contributed by atoms with Gasteiger partial charge in [-0.1, -0.05) is 0 Å². The maximum atomic E-state index is 12.1. The first-order valence-electron chi connectivity index (χ1n) is 8.02. The molecule has 6 nitrogen and oxygen atoms in total. The lowest BCUT2D eigenvalue weighted by Crippen LogP contribution is -2.36. The molecule has 1 heterocycles. The zero-order chi connectivity index (χ0) is 16.8. The van der Waals surface area contributed by atoms with Gasteiger partial charge in [0.05, 0.1) is 0 Å². The molecule has 0 unspecified atom stereocenters. The highest BCUT2D eigenvalue weighted by Crippen LogP contribution is 2.34. The molecule has 0 aliphatic carbocycles. The molecule has 2 rings (SSSR count). The highest BCUT2D eigenvalue weighted by atomic mass is 16.6. The maximum Gasteiger partial charge on any atom is 0.224 e. The predicted octanol–water partition coefficient (Wildman–Crippen LogP) is 2.07. The normalized spacial score (nSPS) is 12.7. The summed E-state index contributed by atoms with van der Waals surface area (Å²) in [5, 5.41) is 0. The summed E-state index contributed by atoms with van der Waals surface area (Å²) in [5.74, 6) is 1.27. The van der Waals surface area contributed by atoms with Gasteiger partial charge >= 0.3 is 0 Å². The highest BCUT2D eigenvalue weighted by molar-refractivity contribution is 5.92. The summed E-state index contributed by atoms with van der Waals surface area (Å²) in [7, 11) is 0. The zero-order valence-corrected chi connectivity index (χ0v) is 14.0. The lowest BCUT2D eigenvalue weighted by atomic mass is 10.2. The summed E-state index contributed by atoms with van der Waals surface area (Å²) in [4.78, 5) is 27.5. The predicted molar refractivity (Wildman–Crippen MR) is 88.0 cm³/mol. The Morgan fingerprint density at radius 1 is 1.09 bits per heavy atom. The largest absolute Gasteiger partial charge is 0.486 e. The first kappa shape index (κ1) is 17.1. The van der Waals surface area contributed by atoms with Crippen molar-refractivity contribution in [1.82, 2.24) is 4.90 Å². The summed E-state index contributed by atoms with van der Waals surface area (Å²) in [5.41, 5.74) is 0.717. The molecule has 0 spiro atoms. The van der Waals surface area contributed by atoms with Crippen molar-refractivity contribution in [2.45, 2.75) is 27.2 Å². The monoisotopic (exact) mass is 320 g/mol. The molecular weight excluding hydrogens is 296 g/mol. The highest BCUT2D eigenvalue weighted by Gasteiger charge is 2.19. The molecule has 2 amide bonds. The van der Waals surface area contributed by atoms with Crippen molar-refractivity contribution < 1.29 is 19.1 Å². The van der Waals surface area contributed by atoms with Gasteiger partial charge in [-0.3, -0.25) is 9.59 Å². The van der Waals surface area contributed by atoms with Crippen molar-refractivity contribution >= 4 is 17.5 Å². The number of fused-ring (bicyclic) bond motifs is 1. The van der Waals surface area contributed by atoms with Crippen LogP contribution in [0, 0.1) is 0 Å². The van der Waals surface area contributed by atoms with Gasteiger partial charge in [0.2, 0.25) is 11.8 Å². The molecule has 0 atom stereocenters. The Morgan fingerprint density at radius 3 is 2.35 bits per heavy atom. The lowest BCUT2D eigenvalue weighted by molar-refractivity contribution is -0.130. The van der Waals surface area contributed by atoms with E-state index in [1.54, 1.807) is 21.9 Å². The number of amides is 2. The number of hydrogen-bond acceptors (Lipinski definition) is 4. The van der Waals surface area contributed by atoms with E-state index in [1.807, 2.05) is 19.9 Å². The molecule has 23 heavy (non-hydrogen) atoms. The van der Waals surface area contributed by atoms with Gasteiger partial charge < -0.3 is 19.3 Å². The van der Waals surface area contributed by atoms with Crippen LogP contribution in [0.3, 0.4) is 0 Å². The van der Waals surface area contributed by atoms with Crippen LogP contribution >= 0.6 is 0 Å². The molecule has 1 aliphatic heterocycles. The van der Waals surface area contributed by atoms with Crippen LogP contribution in [-0.2, 0) is 9.59 Å². The van der Waals surface area contributed by atoms with E-state index >= 15 is 0 Å². The SMILES string of the molecule is CCN(CC)C(=O)CCN(C(C)=O)c1ccc2c(c1)OCCO2.